The number of carbonyl (C=O) groups excluding carboxylic acids is 2. The van der Waals surface area contributed by atoms with Gasteiger partial charge in [-0.05, 0) is 52.6 Å². The fourth-order valence-corrected chi connectivity index (χ4v) is 4.77. The van der Waals surface area contributed by atoms with Crippen LogP contribution in [0.2, 0.25) is 0 Å². The predicted molar refractivity (Wildman–Crippen MR) is 159 cm³/mol. The number of aromatic nitrogens is 1. The number of aliphatic hydroxyl groups is 1. The van der Waals surface area contributed by atoms with Crippen molar-refractivity contribution in [3.63, 3.8) is 0 Å². The van der Waals surface area contributed by atoms with Crippen molar-refractivity contribution in [1.29, 1.82) is 0 Å². The smallest absolute Gasteiger partial charge is 0.194 e. The van der Waals surface area contributed by atoms with E-state index in [9.17, 15) is 14.7 Å². The molecular weight excluding hydrogens is 675 g/mol. The quantitative estimate of drug-likeness (QED) is 0.109. The Morgan fingerprint density at radius 2 is 1.60 bits per heavy atom. The number of benzene rings is 3. The molecule has 5 rings (SSSR count). The Hall–Kier alpha value is -3.40. The Labute approximate surface area is 250 Å². The van der Waals surface area contributed by atoms with Crippen LogP contribution in [-0.4, -0.2) is 21.7 Å². The molecule has 0 aliphatic heterocycles. The first-order valence-corrected chi connectivity index (χ1v) is 13.7. The molecule has 0 bridgehead atoms. The molecule has 0 spiro atoms. The van der Waals surface area contributed by atoms with Crippen molar-refractivity contribution in [1.82, 2.24) is 4.98 Å². The summed E-state index contributed by atoms with van der Waals surface area (Å²) in [5, 5.41) is 11.6. The van der Waals surface area contributed by atoms with Crippen LogP contribution in [0.1, 0.15) is 67.6 Å². The van der Waals surface area contributed by atoms with Crippen molar-refractivity contribution >= 4 is 22.3 Å². The summed E-state index contributed by atoms with van der Waals surface area (Å²) in [4.78, 5) is 28.8. The normalized spacial score (nSPS) is 13.4. The van der Waals surface area contributed by atoms with Crippen LogP contribution in [0.4, 0.5) is 0 Å². The molecule has 40 heavy (non-hydrogen) atoms. The molecule has 0 saturated carbocycles. The van der Waals surface area contributed by atoms with Crippen LogP contribution in [0.3, 0.4) is 0 Å². The molecule has 3 aromatic carbocycles. The third-order valence-corrected chi connectivity index (χ3v) is 7.52. The van der Waals surface area contributed by atoms with E-state index in [-0.39, 0.29) is 49.3 Å². The Kier molecular flexibility index (Phi) is 10.4. The van der Waals surface area contributed by atoms with E-state index >= 15 is 0 Å². The van der Waals surface area contributed by atoms with Gasteiger partial charge >= 0.3 is 0 Å². The maximum atomic E-state index is 12.8. The van der Waals surface area contributed by atoms with Crippen molar-refractivity contribution in [3.05, 3.63) is 101 Å². The van der Waals surface area contributed by atoms with E-state index in [2.05, 4.69) is 36.2 Å². The molecule has 209 valence electrons. The summed E-state index contributed by atoms with van der Waals surface area (Å²) in [6.07, 6.45) is 4.86. The second-order valence-electron chi connectivity index (χ2n) is 10.5. The Morgan fingerprint density at radius 1 is 0.925 bits per heavy atom. The first-order valence-electron chi connectivity index (χ1n) is 13.7. The number of hydrogen-bond acceptors (Lipinski definition) is 4. The van der Waals surface area contributed by atoms with Gasteiger partial charge in [0.2, 0.25) is 0 Å². The standard InChI is InChI=1S/C24H16NO.C11H20O2.Ir/c1-14-9-15(2)11-17(10-14)23-20-13-21-18-5-3-4-6-19(18)24(26)22(21)12-16(20)7-8-25-23;1-5-8(3)10(12)7-11(13)9(4)6-2;/h3-10,12-13H,1-2H3;7-9,12H,5-6H2,1-4H3;/q-1;;/b;10-7-;. The molecule has 4 aromatic rings. The minimum Gasteiger partial charge on any atom is -0.512 e. The van der Waals surface area contributed by atoms with Crippen molar-refractivity contribution in [2.24, 2.45) is 11.8 Å². The number of ketones is 2. The van der Waals surface area contributed by atoms with Gasteiger partial charge in [-0.1, -0.05) is 71.9 Å². The molecule has 0 saturated heterocycles. The van der Waals surface area contributed by atoms with Crippen molar-refractivity contribution in [2.45, 2.75) is 54.4 Å². The van der Waals surface area contributed by atoms with Gasteiger partial charge < -0.3 is 10.1 Å². The molecule has 2 atom stereocenters. The maximum absolute atomic E-state index is 12.8. The van der Waals surface area contributed by atoms with Crippen LogP contribution in [-0.2, 0) is 24.9 Å². The Balaban J connectivity index is 0.000000272. The largest absolute Gasteiger partial charge is 0.512 e. The number of rotatable bonds is 6. The fraction of sp³-hybridized carbons (Fsp3) is 0.286. The summed E-state index contributed by atoms with van der Waals surface area (Å²) in [6, 6.07) is 21.5. The molecule has 2 unspecified atom stereocenters. The van der Waals surface area contributed by atoms with Gasteiger partial charge in [0, 0.05) is 55.3 Å². The zero-order valence-electron chi connectivity index (χ0n) is 24.0. The first-order chi connectivity index (χ1) is 18.6. The van der Waals surface area contributed by atoms with Gasteiger partial charge in [-0.25, -0.2) is 0 Å². The van der Waals surface area contributed by atoms with E-state index in [1.807, 2.05) is 77.2 Å². The molecule has 1 aliphatic carbocycles. The number of nitrogens with zero attached hydrogens (tertiary/aromatic N) is 1. The predicted octanol–water partition coefficient (Wildman–Crippen LogP) is 8.62. The van der Waals surface area contributed by atoms with Crippen LogP contribution in [0, 0.1) is 31.7 Å². The zero-order chi connectivity index (χ0) is 28.3. The molecule has 0 amide bonds. The van der Waals surface area contributed by atoms with E-state index in [4.69, 9.17) is 0 Å². The average molecular weight is 711 g/mol. The van der Waals surface area contributed by atoms with Gasteiger partial charge in [-0.3, -0.25) is 9.59 Å². The second kappa shape index (κ2) is 13.3. The van der Waals surface area contributed by atoms with Crippen LogP contribution < -0.4 is 0 Å². The minimum atomic E-state index is 0. The monoisotopic (exact) mass is 711 g/mol. The van der Waals surface area contributed by atoms with Gasteiger partial charge in [0.25, 0.3) is 0 Å². The third-order valence-electron chi connectivity index (χ3n) is 7.52. The number of aliphatic hydroxyl groups excluding tert-OH is 1. The summed E-state index contributed by atoms with van der Waals surface area (Å²) >= 11 is 0. The molecule has 1 N–H and O–H groups in total. The molecule has 4 nitrogen and oxygen atoms in total. The van der Waals surface area contributed by atoms with E-state index in [1.54, 1.807) is 0 Å². The topological polar surface area (TPSA) is 67.3 Å². The van der Waals surface area contributed by atoms with E-state index < -0.39 is 0 Å². The number of pyridine rings is 1. The second-order valence-corrected chi connectivity index (χ2v) is 10.5. The van der Waals surface area contributed by atoms with Crippen molar-refractivity contribution in [2.75, 3.05) is 0 Å². The molecule has 5 heteroatoms. The summed E-state index contributed by atoms with van der Waals surface area (Å²) in [7, 11) is 0. The number of allylic oxidation sites excluding steroid dienone is 2. The molecule has 1 radical (unpaired) electrons. The summed E-state index contributed by atoms with van der Waals surface area (Å²) in [6.45, 7) is 11.9. The molecule has 1 aliphatic rings. The third kappa shape index (κ3) is 6.49. The SMILES string of the molecule is CCC(C)C(=O)/C=C(\O)C(C)CC.Cc1[c-]c(-c2nccc3cc4c(cc23)-c2ccccc2C4=O)cc(C)c1.[Ir]. The van der Waals surface area contributed by atoms with Crippen LogP contribution in [0.15, 0.2) is 72.6 Å². The summed E-state index contributed by atoms with van der Waals surface area (Å²) in [5.41, 5.74) is 7.76. The number of aryl methyl sites for hydroxylation is 2. The molecule has 0 fully saturated rings. The van der Waals surface area contributed by atoms with Gasteiger partial charge in [-0.15, -0.1) is 34.9 Å². The minimum absolute atomic E-state index is 0. The van der Waals surface area contributed by atoms with Gasteiger partial charge in [0.1, 0.15) is 0 Å². The van der Waals surface area contributed by atoms with Gasteiger partial charge in [-0.2, -0.15) is 0 Å². The average Bonchev–Trinajstić information content (AvgIpc) is 3.21. The first kappa shape index (κ1) is 31.1. The van der Waals surface area contributed by atoms with Crippen LogP contribution in [0.5, 0.6) is 0 Å². The summed E-state index contributed by atoms with van der Waals surface area (Å²) < 4.78 is 0. The summed E-state index contributed by atoms with van der Waals surface area (Å²) in [5.74, 6) is 0.459. The van der Waals surface area contributed by atoms with Crippen LogP contribution >= 0.6 is 0 Å². The number of carbonyl (C=O) groups is 2. The van der Waals surface area contributed by atoms with Crippen molar-refractivity contribution < 1.29 is 34.8 Å². The van der Waals surface area contributed by atoms with Crippen molar-refractivity contribution in [3.8, 4) is 22.4 Å². The van der Waals surface area contributed by atoms with E-state index in [0.29, 0.717) is 0 Å². The van der Waals surface area contributed by atoms with E-state index in [1.165, 1.54) is 11.6 Å². The van der Waals surface area contributed by atoms with Gasteiger partial charge in [0.15, 0.2) is 11.6 Å². The number of fused-ring (bicyclic) bond motifs is 4. The molecule has 1 heterocycles. The zero-order valence-corrected chi connectivity index (χ0v) is 26.4. The van der Waals surface area contributed by atoms with Crippen LogP contribution in [0.25, 0.3) is 33.2 Å². The molecule has 1 aromatic heterocycles. The Bertz CT molecular complexity index is 1570. The molecular formula is C35H36IrNO3-. The fourth-order valence-electron chi connectivity index (χ4n) is 4.77. The number of hydrogen-bond donors (Lipinski definition) is 1. The van der Waals surface area contributed by atoms with E-state index in [0.717, 1.165) is 62.7 Å². The Morgan fingerprint density at radius 3 is 2.25 bits per heavy atom. The van der Waals surface area contributed by atoms with Gasteiger partial charge in [0.05, 0.1) is 5.76 Å². The maximum Gasteiger partial charge on any atom is 0.194 e.